The first kappa shape index (κ1) is 18.7. The zero-order valence-corrected chi connectivity index (χ0v) is 14.8. The van der Waals surface area contributed by atoms with E-state index in [1.54, 1.807) is 0 Å². The van der Waals surface area contributed by atoms with Gasteiger partial charge >= 0.3 is 0 Å². The highest BCUT2D eigenvalue weighted by Crippen LogP contribution is 2.22. The molecule has 0 aliphatic carbocycles. The van der Waals surface area contributed by atoms with Crippen LogP contribution in [0.5, 0.6) is 5.75 Å². The van der Waals surface area contributed by atoms with Crippen molar-refractivity contribution in [2.75, 3.05) is 6.61 Å². The van der Waals surface area contributed by atoms with Crippen molar-refractivity contribution < 1.29 is 9.53 Å². The second-order valence-corrected chi connectivity index (χ2v) is 7.07. The summed E-state index contributed by atoms with van der Waals surface area (Å²) in [6, 6.07) is 7.54. The highest BCUT2D eigenvalue weighted by atomic mass is 16.5. The number of benzene rings is 1. The summed E-state index contributed by atoms with van der Waals surface area (Å²) in [5.41, 5.74) is 0.427. The molecule has 0 N–H and O–H groups in total. The monoisotopic (exact) mass is 304 g/mol. The average molecular weight is 304 g/mol. The minimum atomic E-state index is -0.333. The molecule has 0 aliphatic rings. The number of ether oxygens (including phenoxy) is 1. The quantitative estimate of drug-likeness (QED) is 0.389. The maximum Gasteiger partial charge on any atom is 0.168 e. The Morgan fingerprint density at radius 2 is 1.45 bits per heavy atom. The summed E-state index contributed by atoms with van der Waals surface area (Å²) in [6.45, 7) is 8.84. The molecule has 2 heteroatoms. The lowest BCUT2D eigenvalue weighted by Gasteiger charge is -2.16. The Morgan fingerprint density at radius 1 is 0.909 bits per heavy atom. The van der Waals surface area contributed by atoms with Gasteiger partial charge < -0.3 is 4.74 Å². The normalized spacial score (nSPS) is 11.5. The SMILES string of the molecule is CCCCCCCCCOc1ccc(C(=O)C(C)(C)C)cc1. The Kier molecular flexibility index (Phi) is 8.22. The molecule has 22 heavy (non-hydrogen) atoms. The largest absolute Gasteiger partial charge is 0.494 e. The number of carbonyl (C=O) groups is 1. The smallest absolute Gasteiger partial charge is 0.168 e. The van der Waals surface area contributed by atoms with Crippen LogP contribution in [-0.2, 0) is 0 Å². The molecule has 0 radical (unpaired) electrons. The predicted octanol–water partition coefficient (Wildman–Crippen LogP) is 6.04. The molecule has 0 atom stereocenters. The summed E-state index contributed by atoms with van der Waals surface area (Å²) in [4.78, 5) is 12.1. The van der Waals surface area contributed by atoms with Gasteiger partial charge in [0.05, 0.1) is 6.61 Å². The van der Waals surface area contributed by atoms with Gasteiger partial charge in [0.1, 0.15) is 5.75 Å². The van der Waals surface area contributed by atoms with Crippen molar-refractivity contribution in [1.82, 2.24) is 0 Å². The Balaban J connectivity index is 2.24. The lowest BCUT2D eigenvalue weighted by molar-refractivity contribution is 0.0858. The lowest BCUT2D eigenvalue weighted by Crippen LogP contribution is -2.19. The average Bonchev–Trinajstić information content (AvgIpc) is 2.49. The van der Waals surface area contributed by atoms with E-state index in [0.717, 1.165) is 24.3 Å². The van der Waals surface area contributed by atoms with E-state index in [0.29, 0.717) is 0 Å². The fraction of sp³-hybridized carbons (Fsp3) is 0.650. The molecule has 0 spiro atoms. The van der Waals surface area contributed by atoms with Crippen molar-refractivity contribution in [2.45, 2.75) is 72.6 Å². The summed E-state index contributed by atoms with van der Waals surface area (Å²) in [5.74, 6) is 1.03. The maximum absolute atomic E-state index is 12.1. The number of ketones is 1. The molecule has 0 unspecified atom stereocenters. The van der Waals surface area contributed by atoms with Crippen molar-refractivity contribution in [3.63, 3.8) is 0 Å². The van der Waals surface area contributed by atoms with Crippen LogP contribution < -0.4 is 4.74 Å². The van der Waals surface area contributed by atoms with Crippen LogP contribution in [0.3, 0.4) is 0 Å². The van der Waals surface area contributed by atoms with Crippen LogP contribution in [0.25, 0.3) is 0 Å². The molecular formula is C20H32O2. The summed E-state index contributed by atoms with van der Waals surface area (Å²) in [6.07, 6.45) is 9.02. The fourth-order valence-corrected chi connectivity index (χ4v) is 2.38. The molecule has 1 aromatic rings. The summed E-state index contributed by atoms with van der Waals surface area (Å²) in [5, 5.41) is 0. The maximum atomic E-state index is 12.1. The van der Waals surface area contributed by atoms with Gasteiger partial charge in [0.2, 0.25) is 0 Å². The van der Waals surface area contributed by atoms with Crippen LogP contribution >= 0.6 is 0 Å². The van der Waals surface area contributed by atoms with E-state index >= 15 is 0 Å². The minimum absolute atomic E-state index is 0.172. The van der Waals surface area contributed by atoms with Gasteiger partial charge in [-0.05, 0) is 30.7 Å². The number of unbranched alkanes of at least 4 members (excludes halogenated alkanes) is 6. The van der Waals surface area contributed by atoms with Crippen LogP contribution in [0.1, 0.15) is 83.0 Å². The summed E-state index contributed by atoms with van der Waals surface area (Å²) < 4.78 is 5.74. The van der Waals surface area contributed by atoms with Gasteiger partial charge in [0, 0.05) is 11.0 Å². The Bertz CT molecular complexity index is 426. The van der Waals surface area contributed by atoms with Crippen LogP contribution in [-0.4, -0.2) is 12.4 Å². The molecule has 0 bridgehead atoms. The Hall–Kier alpha value is -1.31. The number of hydrogen-bond donors (Lipinski definition) is 0. The molecule has 0 aromatic heterocycles. The van der Waals surface area contributed by atoms with Crippen molar-refractivity contribution in [1.29, 1.82) is 0 Å². The van der Waals surface area contributed by atoms with E-state index in [9.17, 15) is 4.79 Å². The molecular weight excluding hydrogens is 272 g/mol. The first-order valence-electron chi connectivity index (χ1n) is 8.73. The van der Waals surface area contributed by atoms with E-state index < -0.39 is 0 Å². The molecule has 1 rings (SSSR count). The van der Waals surface area contributed by atoms with E-state index in [1.807, 2.05) is 45.0 Å². The van der Waals surface area contributed by atoms with Crippen molar-refractivity contribution in [3.8, 4) is 5.75 Å². The van der Waals surface area contributed by atoms with Crippen molar-refractivity contribution in [3.05, 3.63) is 29.8 Å². The molecule has 124 valence electrons. The number of hydrogen-bond acceptors (Lipinski definition) is 2. The third-order valence-corrected chi connectivity index (χ3v) is 3.81. The summed E-state index contributed by atoms with van der Waals surface area (Å²) >= 11 is 0. The zero-order chi connectivity index (χ0) is 16.4. The van der Waals surface area contributed by atoms with E-state index in [4.69, 9.17) is 4.74 Å². The number of carbonyl (C=O) groups excluding carboxylic acids is 1. The van der Waals surface area contributed by atoms with Gasteiger partial charge in [-0.25, -0.2) is 0 Å². The first-order chi connectivity index (χ1) is 10.4. The van der Waals surface area contributed by atoms with Gasteiger partial charge in [-0.3, -0.25) is 4.79 Å². The van der Waals surface area contributed by atoms with E-state index in [1.165, 1.54) is 38.5 Å². The Labute approximate surface area is 136 Å². The van der Waals surface area contributed by atoms with Crippen LogP contribution in [0.15, 0.2) is 24.3 Å². The number of Topliss-reactive ketones (excluding diaryl/α,β-unsaturated/α-hetero) is 1. The summed E-state index contributed by atoms with van der Waals surface area (Å²) in [7, 11) is 0. The highest BCUT2D eigenvalue weighted by Gasteiger charge is 2.22. The van der Waals surface area contributed by atoms with Gasteiger partial charge in [0.15, 0.2) is 5.78 Å². The fourth-order valence-electron chi connectivity index (χ4n) is 2.38. The van der Waals surface area contributed by atoms with E-state index in [2.05, 4.69) is 6.92 Å². The minimum Gasteiger partial charge on any atom is -0.494 e. The van der Waals surface area contributed by atoms with Crippen LogP contribution in [0, 0.1) is 5.41 Å². The standard InChI is InChI=1S/C20H32O2/c1-5-6-7-8-9-10-11-16-22-18-14-12-17(13-15-18)19(21)20(2,3)4/h12-15H,5-11,16H2,1-4H3. The van der Waals surface area contributed by atoms with Gasteiger partial charge in [-0.2, -0.15) is 0 Å². The molecule has 0 aliphatic heterocycles. The zero-order valence-electron chi connectivity index (χ0n) is 14.8. The highest BCUT2D eigenvalue weighted by molar-refractivity contribution is 5.99. The first-order valence-corrected chi connectivity index (χ1v) is 8.73. The Morgan fingerprint density at radius 3 is 2.00 bits per heavy atom. The molecule has 0 amide bonds. The van der Waals surface area contributed by atoms with Crippen LogP contribution in [0.2, 0.25) is 0 Å². The predicted molar refractivity (Wildman–Crippen MR) is 93.7 cm³/mol. The topological polar surface area (TPSA) is 26.3 Å². The molecule has 0 saturated heterocycles. The van der Waals surface area contributed by atoms with Gasteiger partial charge in [-0.1, -0.05) is 66.2 Å². The van der Waals surface area contributed by atoms with Gasteiger partial charge in [0.25, 0.3) is 0 Å². The second kappa shape index (κ2) is 9.66. The van der Waals surface area contributed by atoms with Crippen molar-refractivity contribution in [2.24, 2.45) is 5.41 Å². The molecule has 0 fully saturated rings. The lowest BCUT2D eigenvalue weighted by atomic mass is 9.86. The van der Waals surface area contributed by atoms with Gasteiger partial charge in [-0.15, -0.1) is 0 Å². The molecule has 1 aromatic carbocycles. The molecule has 0 saturated carbocycles. The second-order valence-electron chi connectivity index (χ2n) is 7.07. The third kappa shape index (κ3) is 7.11. The van der Waals surface area contributed by atoms with Crippen molar-refractivity contribution >= 4 is 5.78 Å². The third-order valence-electron chi connectivity index (χ3n) is 3.81. The number of rotatable bonds is 10. The molecule has 2 nitrogen and oxygen atoms in total. The molecule has 0 heterocycles. The van der Waals surface area contributed by atoms with E-state index in [-0.39, 0.29) is 11.2 Å². The van der Waals surface area contributed by atoms with Crippen LogP contribution in [0.4, 0.5) is 0 Å².